The van der Waals surface area contributed by atoms with Crippen LogP contribution >= 0.6 is 0 Å². The van der Waals surface area contributed by atoms with Crippen molar-refractivity contribution in [1.29, 1.82) is 0 Å². The van der Waals surface area contributed by atoms with Crippen LogP contribution in [-0.2, 0) is 7.05 Å². The van der Waals surface area contributed by atoms with Gasteiger partial charge in [-0.05, 0) is 6.07 Å². The van der Waals surface area contributed by atoms with Gasteiger partial charge in [0.15, 0.2) is 6.29 Å². The molecule has 1 rings (SSSR count). The van der Waals surface area contributed by atoms with Crippen LogP contribution in [-0.4, -0.2) is 10.9 Å². The van der Waals surface area contributed by atoms with E-state index >= 15 is 0 Å². The molecule has 2 N–H and O–H groups in total. The summed E-state index contributed by atoms with van der Waals surface area (Å²) >= 11 is 0. The van der Waals surface area contributed by atoms with Gasteiger partial charge in [0.2, 0.25) is 0 Å². The molecule has 0 spiro atoms. The molecule has 4 nitrogen and oxygen atoms in total. The predicted molar refractivity (Wildman–Crippen MR) is 41.5 cm³/mol. The number of rotatable bonds is 1. The van der Waals surface area contributed by atoms with Gasteiger partial charge in [-0.2, -0.15) is 0 Å². The number of hydrogen-bond acceptors (Lipinski definition) is 3. The second kappa shape index (κ2) is 2.57. The lowest BCUT2D eigenvalue weighted by molar-refractivity contribution is 0.111. The van der Waals surface area contributed by atoms with Crippen molar-refractivity contribution in [2.45, 2.75) is 0 Å². The summed E-state index contributed by atoms with van der Waals surface area (Å²) in [5.74, 6) is 0. The van der Waals surface area contributed by atoms with Crippen LogP contribution in [0.2, 0.25) is 0 Å². The molecule has 0 radical (unpaired) electrons. The summed E-state index contributed by atoms with van der Waals surface area (Å²) in [6.45, 7) is 0. The summed E-state index contributed by atoms with van der Waals surface area (Å²) < 4.78 is 1.21. The molecule has 58 valence electrons. The predicted octanol–water partition coefficient (Wildman–Crippen LogP) is -0.220. The maximum absolute atomic E-state index is 10.9. The van der Waals surface area contributed by atoms with Crippen molar-refractivity contribution in [2.24, 2.45) is 7.05 Å². The molecule has 4 heteroatoms. The van der Waals surface area contributed by atoms with Gasteiger partial charge in [0.1, 0.15) is 5.69 Å². The monoisotopic (exact) mass is 152 g/mol. The number of aldehydes is 1. The van der Waals surface area contributed by atoms with E-state index in [9.17, 15) is 9.59 Å². The highest BCUT2D eigenvalue weighted by Gasteiger charge is 2.01. The fraction of sp³-hybridized carbons (Fsp3) is 0.143. The maximum Gasteiger partial charge on any atom is 0.250 e. The molecule has 0 aromatic carbocycles. The van der Waals surface area contributed by atoms with Crippen LogP contribution in [0.1, 0.15) is 10.5 Å². The zero-order chi connectivity index (χ0) is 8.43. The van der Waals surface area contributed by atoms with Crippen LogP contribution < -0.4 is 11.3 Å². The summed E-state index contributed by atoms with van der Waals surface area (Å²) in [4.78, 5) is 21.3. The van der Waals surface area contributed by atoms with E-state index in [1.165, 1.54) is 23.7 Å². The van der Waals surface area contributed by atoms with Crippen molar-refractivity contribution in [3.05, 3.63) is 28.2 Å². The summed E-state index contributed by atoms with van der Waals surface area (Å²) in [6, 6.07) is 2.74. The summed E-state index contributed by atoms with van der Waals surface area (Å²) in [5.41, 5.74) is 5.72. The highest BCUT2D eigenvalue weighted by molar-refractivity contribution is 5.80. The normalized spacial score (nSPS) is 9.55. The Balaban J connectivity index is 3.53. The van der Waals surface area contributed by atoms with E-state index in [1.807, 2.05) is 0 Å². The van der Waals surface area contributed by atoms with E-state index in [0.29, 0.717) is 12.0 Å². The number of carbonyl (C=O) groups is 1. The highest BCUT2D eigenvalue weighted by Crippen LogP contribution is 2.02. The van der Waals surface area contributed by atoms with Crippen LogP contribution in [0.25, 0.3) is 0 Å². The van der Waals surface area contributed by atoms with Crippen LogP contribution in [0.4, 0.5) is 5.69 Å². The molecule has 0 saturated carbocycles. The number of nitrogens with zero attached hydrogens (tertiary/aromatic N) is 1. The van der Waals surface area contributed by atoms with Gasteiger partial charge in [-0.3, -0.25) is 9.59 Å². The quantitative estimate of drug-likeness (QED) is 0.566. The third kappa shape index (κ3) is 1.14. The standard InChI is InChI=1S/C7H8N2O2/c1-9-6(4-10)5(8)2-3-7(9)11/h2-4H,8H2,1H3. The van der Waals surface area contributed by atoms with Crippen LogP contribution in [0, 0.1) is 0 Å². The summed E-state index contributed by atoms with van der Waals surface area (Å²) in [6.07, 6.45) is 0.566. The van der Waals surface area contributed by atoms with Gasteiger partial charge in [0, 0.05) is 13.1 Å². The number of hydrogen-bond donors (Lipinski definition) is 1. The lowest BCUT2D eigenvalue weighted by Gasteiger charge is -2.02. The van der Waals surface area contributed by atoms with Crippen molar-refractivity contribution in [2.75, 3.05) is 5.73 Å². The molecular formula is C7H8N2O2. The Morgan fingerprint density at radius 2 is 2.18 bits per heavy atom. The molecule has 0 amide bonds. The van der Waals surface area contributed by atoms with Crippen molar-refractivity contribution >= 4 is 12.0 Å². The summed E-state index contributed by atoms with van der Waals surface area (Å²) in [5, 5.41) is 0. The molecule has 11 heavy (non-hydrogen) atoms. The largest absolute Gasteiger partial charge is 0.397 e. The number of pyridine rings is 1. The second-order valence-corrected chi connectivity index (χ2v) is 2.19. The van der Waals surface area contributed by atoms with E-state index in [4.69, 9.17) is 5.73 Å². The Morgan fingerprint density at radius 1 is 1.55 bits per heavy atom. The Bertz CT molecular complexity index is 341. The van der Waals surface area contributed by atoms with Gasteiger partial charge in [0.25, 0.3) is 5.56 Å². The molecule has 0 aliphatic carbocycles. The maximum atomic E-state index is 10.9. The van der Waals surface area contributed by atoms with Gasteiger partial charge in [-0.15, -0.1) is 0 Å². The van der Waals surface area contributed by atoms with Gasteiger partial charge >= 0.3 is 0 Å². The van der Waals surface area contributed by atoms with Gasteiger partial charge in [0.05, 0.1) is 5.69 Å². The van der Waals surface area contributed by atoms with Crippen LogP contribution in [0.15, 0.2) is 16.9 Å². The van der Waals surface area contributed by atoms with E-state index in [0.717, 1.165) is 0 Å². The molecule has 0 fully saturated rings. The van der Waals surface area contributed by atoms with E-state index in [-0.39, 0.29) is 11.3 Å². The smallest absolute Gasteiger partial charge is 0.250 e. The third-order valence-electron chi connectivity index (χ3n) is 1.50. The van der Waals surface area contributed by atoms with E-state index in [2.05, 4.69) is 0 Å². The topological polar surface area (TPSA) is 65.1 Å². The number of aromatic nitrogens is 1. The molecule has 0 aliphatic rings. The Kier molecular flexibility index (Phi) is 1.76. The zero-order valence-electron chi connectivity index (χ0n) is 6.07. The lowest BCUT2D eigenvalue weighted by Crippen LogP contribution is -2.20. The van der Waals surface area contributed by atoms with Gasteiger partial charge in [-0.1, -0.05) is 0 Å². The number of carbonyl (C=O) groups excluding carboxylic acids is 1. The Labute approximate surface area is 63.3 Å². The number of anilines is 1. The van der Waals surface area contributed by atoms with Crippen LogP contribution in [0.3, 0.4) is 0 Å². The highest BCUT2D eigenvalue weighted by atomic mass is 16.1. The molecule has 1 heterocycles. The second-order valence-electron chi connectivity index (χ2n) is 2.19. The minimum absolute atomic E-state index is 0.220. The van der Waals surface area contributed by atoms with E-state index in [1.54, 1.807) is 0 Å². The fourth-order valence-electron chi connectivity index (χ4n) is 0.818. The Morgan fingerprint density at radius 3 is 2.64 bits per heavy atom. The minimum atomic E-state index is -0.235. The summed E-state index contributed by atoms with van der Waals surface area (Å²) in [7, 11) is 1.50. The van der Waals surface area contributed by atoms with Crippen LogP contribution in [0.5, 0.6) is 0 Å². The molecule has 1 aromatic heterocycles. The van der Waals surface area contributed by atoms with Crippen molar-refractivity contribution in [1.82, 2.24) is 4.57 Å². The lowest BCUT2D eigenvalue weighted by atomic mass is 10.3. The first-order chi connectivity index (χ1) is 5.16. The Hall–Kier alpha value is -1.58. The molecule has 0 aliphatic heterocycles. The van der Waals surface area contributed by atoms with Gasteiger partial charge in [-0.25, -0.2) is 0 Å². The molecule has 0 unspecified atom stereocenters. The zero-order valence-corrected chi connectivity index (χ0v) is 6.07. The van der Waals surface area contributed by atoms with Crippen molar-refractivity contribution < 1.29 is 4.79 Å². The average Bonchev–Trinajstić information content (AvgIpc) is 1.99. The van der Waals surface area contributed by atoms with Crippen molar-refractivity contribution in [3.8, 4) is 0 Å². The van der Waals surface area contributed by atoms with Crippen molar-refractivity contribution in [3.63, 3.8) is 0 Å². The molecule has 0 saturated heterocycles. The third-order valence-corrected chi connectivity index (χ3v) is 1.50. The number of nitrogens with two attached hydrogens (primary N) is 1. The molecule has 0 bridgehead atoms. The van der Waals surface area contributed by atoms with E-state index < -0.39 is 0 Å². The van der Waals surface area contributed by atoms with Gasteiger partial charge < -0.3 is 10.3 Å². The minimum Gasteiger partial charge on any atom is -0.397 e. The fourth-order valence-corrected chi connectivity index (χ4v) is 0.818. The first-order valence-electron chi connectivity index (χ1n) is 3.07. The first-order valence-corrected chi connectivity index (χ1v) is 3.07. The average molecular weight is 152 g/mol. The SMILES string of the molecule is Cn1c(C=O)c(N)ccc1=O. The first kappa shape index (κ1) is 7.53. The number of nitrogen functional groups attached to an aromatic ring is 1. The molecule has 0 atom stereocenters. The molecular weight excluding hydrogens is 144 g/mol. The molecule has 1 aromatic rings.